The molecule has 0 saturated carbocycles. The van der Waals surface area contributed by atoms with Gasteiger partial charge in [0, 0.05) is 6.04 Å². The Morgan fingerprint density at radius 1 is 0.800 bits per heavy atom. The summed E-state index contributed by atoms with van der Waals surface area (Å²) in [6, 6.07) is 0.264. The lowest BCUT2D eigenvalue weighted by Crippen LogP contribution is -2.45. The zero-order valence-electron chi connectivity index (χ0n) is 8.15. The lowest BCUT2D eigenvalue weighted by molar-refractivity contribution is 0.180. The van der Waals surface area contributed by atoms with Gasteiger partial charge in [0.05, 0.1) is 0 Å². The molecule has 0 aliphatic heterocycles. The van der Waals surface area contributed by atoms with Crippen molar-refractivity contribution in [2.24, 2.45) is 16.6 Å². The quantitative estimate of drug-likeness (QED) is 0.553. The summed E-state index contributed by atoms with van der Waals surface area (Å²) in [6.07, 6.45) is 0. The summed E-state index contributed by atoms with van der Waals surface area (Å²) in [4.78, 5) is 0. The molecule has 1 heteroatoms. The normalized spacial score (nSPS) is 14.4. The highest BCUT2D eigenvalue weighted by Crippen LogP contribution is 2.30. The van der Waals surface area contributed by atoms with Crippen LogP contribution in [-0.2, 0) is 0 Å². The Balaban J connectivity index is 4.23. The Morgan fingerprint density at radius 2 is 1.00 bits per heavy atom. The van der Waals surface area contributed by atoms with Crippen molar-refractivity contribution >= 4 is 0 Å². The van der Waals surface area contributed by atoms with Gasteiger partial charge < -0.3 is 5.73 Å². The molecular formula is C9H21N. The maximum Gasteiger partial charge on any atom is 0.0137 e. The minimum atomic E-state index is 0.220. The maximum absolute atomic E-state index is 6.03. The molecule has 0 spiro atoms. The van der Waals surface area contributed by atoms with E-state index in [0.29, 0.717) is 0 Å². The fourth-order valence-corrected chi connectivity index (χ4v) is 1.30. The minimum Gasteiger partial charge on any atom is -0.327 e. The molecule has 0 fully saturated rings. The second kappa shape index (κ2) is 2.54. The molecule has 0 aromatic rings. The van der Waals surface area contributed by atoms with Crippen LogP contribution in [0.15, 0.2) is 0 Å². The fraction of sp³-hybridized carbons (Fsp3) is 1.00. The molecule has 0 aromatic carbocycles. The summed E-state index contributed by atoms with van der Waals surface area (Å²) in [5.74, 6) is 0. The first-order valence-electron chi connectivity index (χ1n) is 3.91. The average molecular weight is 143 g/mol. The summed E-state index contributed by atoms with van der Waals surface area (Å²) in [5.41, 5.74) is 6.47. The van der Waals surface area contributed by atoms with Crippen LogP contribution in [0, 0.1) is 10.8 Å². The number of rotatable bonds is 0. The second-order valence-electron chi connectivity index (χ2n) is 5.21. The van der Waals surface area contributed by atoms with Crippen LogP contribution in [0.25, 0.3) is 0 Å². The Bertz CT molecular complexity index is 88.9. The predicted octanol–water partition coefficient (Wildman–Crippen LogP) is 2.41. The van der Waals surface area contributed by atoms with Crippen molar-refractivity contribution in [3.8, 4) is 0 Å². The van der Waals surface area contributed by atoms with Gasteiger partial charge in [-0.2, -0.15) is 0 Å². The Morgan fingerprint density at radius 3 is 1.00 bits per heavy atom. The molecule has 0 atom stereocenters. The lowest BCUT2D eigenvalue weighted by Gasteiger charge is -2.37. The van der Waals surface area contributed by atoms with Gasteiger partial charge in [-0.05, 0) is 10.8 Å². The van der Waals surface area contributed by atoms with E-state index >= 15 is 0 Å². The summed E-state index contributed by atoms with van der Waals surface area (Å²) in [5, 5.41) is 0. The van der Waals surface area contributed by atoms with Crippen LogP contribution in [0.2, 0.25) is 0 Å². The van der Waals surface area contributed by atoms with Crippen LogP contribution >= 0.6 is 0 Å². The summed E-state index contributed by atoms with van der Waals surface area (Å²) >= 11 is 0. The zero-order valence-corrected chi connectivity index (χ0v) is 8.15. The van der Waals surface area contributed by atoms with Crippen molar-refractivity contribution < 1.29 is 0 Å². The molecule has 0 bridgehead atoms. The van der Waals surface area contributed by atoms with E-state index in [1.54, 1.807) is 0 Å². The van der Waals surface area contributed by atoms with E-state index in [-0.39, 0.29) is 16.9 Å². The smallest absolute Gasteiger partial charge is 0.0137 e. The highest BCUT2D eigenvalue weighted by Gasteiger charge is 2.30. The molecule has 0 rings (SSSR count). The fourth-order valence-electron chi connectivity index (χ4n) is 1.30. The van der Waals surface area contributed by atoms with Crippen LogP contribution < -0.4 is 5.73 Å². The number of hydrogen-bond acceptors (Lipinski definition) is 1. The van der Waals surface area contributed by atoms with Gasteiger partial charge in [0.1, 0.15) is 0 Å². The van der Waals surface area contributed by atoms with Crippen LogP contribution in [-0.4, -0.2) is 6.04 Å². The van der Waals surface area contributed by atoms with Crippen molar-refractivity contribution in [3.63, 3.8) is 0 Å². The van der Waals surface area contributed by atoms with Crippen LogP contribution in [0.3, 0.4) is 0 Å². The second-order valence-corrected chi connectivity index (χ2v) is 5.21. The summed E-state index contributed by atoms with van der Waals surface area (Å²) in [6.45, 7) is 13.1. The van der Waals surface area contributed by atoms with E-state index in [2.05, 4.69) is 41.5 Å². The first kappa shape index (κ1) is 9.96. The molecule has 10 heavy (non-hydrogen) atoms. The number of hydrogen-bond donors (Lipinski definition) is 1. The lowest BCUT2D eigenvalue weighted by atomic mass is 9.73. The van der Waals surface area contributed by atoms with Crippen molar-refractivity contribution in [2.75, 3.05) is 0 Å². The molecule has 2 N–H and O–H groups in total. The van der Waals surface area contributed by atoms with Gasteiger partial charge in [0.25, 0.3) is 0 Å². The van der Waals surface area contributed by atoms with Crippen LogP contribution in [0.5, 0.6) is 0 Å². The van der Waals surface area contributed by atoms with Crippen LogP contribution in [0.4, 0.5) is 0 Å². The highest BCUT2D eigenvalue weighted by atomic mass is 14.7. The van der Waals surface area contributed by atoms with Gasteiger partial charge in [-0.25, -0.2) is 0 Å². The molecule has 0 saturated heterocycles. The standard InChI is InChI=1S/C9H21N/c1-8(2,3)7(10)9(4,5)6/h7H,10H2,1-6H3. The zero-order chi connectivity index (χ0) is 8.58. The van der Waals surface area contributed by atoms with Crippen molar-refractivity contribution in [2.45, 2.75) is 47.6 Å². The summed E-state index contributed by atoms with van der Waals surface area (Å²) in [7, 11) is 0. The molecule has 0 aliphatic rings. The molecule has 62 valence electrons. The van der Waals surface area contributed by atoms with Gasteiger partial charge in [-0.1, -0.05) is 41.5 Å². The topological polar surface area (TPSA) is 26.0 Å². The maximum atomic E-state index is 6.03. The molecule has 0 unspecified atom stereocenters. The Labute approximate surface area is 65.0 Å². The van der Waals surface area contributed by atoms with Gasteiger partial charge in [-0.3, -0.25) is 0 Å². The Kier molecular flexibility index (Phi) is 2.53. The first-order chi connectivity index (χ1) is 4.15. The van der Waals surface area contributed by atoms with E-state index in [1.807, 2.05) is 0 Å². The molecular weight excluding hydrogens is 122 g/mol. The van der Waals surface area contributed by atoms with Gasteiger partial charge in [0.15, 0.2) is 0 Å². The molecule has 0 heterocycles. The molecule has 0 amide bonds. The highest BCUT2D eigenvalue weighted by molar-refractivity contribution is 4.86. The van der Waals surface area contributed by atoms with Crippen molar-refractivity contribution in [3.05, 3.63) is 0 Å². The third-order valence-corrected chi connectivity index (χ3v) is 1.87. The van der Waals surface area contributed by atoms with Gasteiger partial charge >= 0.3 is 0 Å². The van der Waals surface area contributed by atoms with E-state index < -0.39 is 0 Å². The molecule has 1 nitrogen and oxygen atoms in total. The largest absolute Gasteiger partial charge is 0.327 e. The van der Waals surface area contributed by atoms with E-state index in [1.165, 1.54) is 0 Å². The average Bonchev–Trinajstić information content (AvgIpc) is 1.59. The third kappa shape index (κ3) is 2.70. The van der Waals surface area contributed by atoms with E-state index in [0.717, 1.165) is 0 Å². The van der Waals surface area contributed by atoms with Gasteiger partial charge in [-0.15, -0.1) is 0 Å². The molecule has 0 radical (unpaired) electrons. The summed E-state index contributed by atoms with van der Waals surface area (Å²) < 4.78 is 0. The third-order valence-electron chi connectivity index (χ3n) is 1.87. The minimum absolute atomic E-state index is 0.220. The Hall–Kier alpha value is -0.0400. The van der Waals surface area contributed by atoms with Gasteiger partial charge in [0.2, 0.25) is 0 Å². The van der Waals surface area contributed by atoms with Crippen LogP contribution in [0.1, 0.15) is 41.5 Å². The number of nitrogens with two attached hydrogens (primary N) is 1. The monoisotopic (exact) mass is 143 g/mol. The van der Waals surface area contributed by atoms with E-state index in [4.69, 9.17) is 5.73 Å². The SMILES string of the molecule is CC(C)(C)C(N)C(C)(C)C. The van der Waals surface area contributed by atoms with E-state index in [9.17, 15) is 0 Å². The predicted molar refractivity (Wildman–Crippen MR) is 46.9 cm³/mol. The molecule has 0 aliphatic carbocycles. The first-order valence-corrected chi connectivity index (χ1v) is 3.91. The van der Waals surface area contributed by atoms with Crippen molar-refractivity contribution in [1.82, 2.24) is 0 Å². The molecule has 0 aromatic heterocycles. The van der Waals surface area contributed by atoms with Crippen molar-refractivity contribution in [1.29, 1.82) is 0 Å².